The Morgan fingerprint density at radius 3 is 2.43 bits per heavy atom. The highest BCUT2D eigenvalue weighted by molar-refractivity contribution is 7.89. The average Bonchev–Trinajstić information content (AvgIpc) is 3.37. The molecule has 1 saturated heterocycles. The second kappa shape index (κ2) is 9.95. The van der Waals surface area contributed by atoms with Crippen molar-refractivity contribution in [1.82, 2.24) is 19.1 Å². The van der Waals surface area contributed by atoms with Crippen molar-refractivity contribution in [2.75, 3.05) is 13.1 Å². The van der Waals surface area contributed by atoms with Crippen LogP contribution in [0.3, 0.4) is 0 Å². The Hall–Kier alpha value is -4.23. The Morgan fingerprint density at radius 1 is 1.00 bits per heavy atom. The van der Waals surface area contributed by atoms with Gasteiger partial charge in [-0.1, -0.05) is 11.6 Å². The minimum atomic E-state index is -4.99. The SMILES string of the molecule is O=C(c1ccccn1)[C@@]12Cc3cnn(-c4ccc(F)cc4)c3C=C1CCN(S(=O)(=O)c1ccc(C(F)(F)F)c(F)c1)C2. The zero-order valence-electron chi connectivity index (χ0n) is 21.6. The van der Waals surface area contributed by atoms with E-state index in [2.05, 4.69) is 10.1 Å². The van der Waals surface area contributed by atoms with Gasteiger partial charge in [0.15, 0.2) is 5.78 Å². The number of hydrogen-bond donors (Lipinski definition) is 0. The van der Waals surface area contributed by atoms with Gasteiger partial charge in [-0.05, 0) is 79.1 Å². The van der Waals surface area contributed by atoms with Crippen LogP contribution in [0.2, 0.25) is 0 Å². The third-order valence-corrected chi connectivity index (χ3v) is 9.51. The number of fused-ring (bicyclic) bond motifs is 2. The number of alkyl halides is 3. The fourth-order valence-corrected chi connectivity index (χ4v) is 7.10. The largest absolute Gasteiger partial charge is 0.419 e. The summed E-state index contributed by atoms with van der Waals surface area (Å²) >= 11 is 0. The monoisotopic (exact) mass is 600 g/mol. The molecule has 0 N–H and O–H groups in total. The second-order valence-corrected chi connectivity index (χ2v) is 12.1. The van der Waals surface area contributed by atoms with Crippen LogP contribution < -0.4 is 0 Å². The third kappa shape index (κ3) is 4.62. The predicted octanol–water partition coefficient (Wildman–Crippen LogP) is 5.47. The van der Waals surface area contributed by atoms with E-state index in [1.165, 1.54) is 24.4 Å². The van der Waals surface area contributed by atoms with Gasteiger partial charge >= 0.3 is 6.18 Å². The van der Waals surface area contributed by atoms with Gasteiger partial charge in [0.05, 0.1) is 33.5 Å². The summed E-state index contributed by atoms with van der Waals surface area (Å²) < 4.78 is 97.0. The van der Waals surface area contributed by atoms with E-state index in [-0.39, 0.29) is 31.6 Å². The molecule has 1 atom stereocenters. The number of aromatic nitrogens is 3. The normalized spacial score (nSPS) is 19.1. The van der Waals surface area contributed by atoms with Gasteiger partial charge in [-0.3, -0.25) is 9.78 Å². The summed E-state index contributed by atoms with van der Waals surface area (Å²) in [4.78, 5) is 17.7. The Labute approximate surface area is 237 Å². The van der Waals surface area contributed by atoms with Gasteiger partial charge in [-0.2, -0.15) is 22.6 Å². The van der Waals surface area contributed by atoms with Crippen LogP contribution in [-0.2, 0) is 22.6 Å². The minimum Gasteiger partial charge on any atom is -0.291 e. The van der Waals surface area contributed by atoms with Crippen LogP contribution in [0.5, 0.6) is 0 Å². The number of ketones is 1. The molecular weight excluding hydrogens is 579 g/mol. The molecular formula is C29H21F5N4O3S. The molecule has 13 heteroatoms. The predicted molar refractivity (Wildman–Crippen MR) is 141 cm³/mol. The van der Waals surface area contributed by atoms with Crippen LogP contribution in [-0.4, -0.2) is 46.4 Å². The highest BCUT2D eigenvalue weighted by atomic mass is 32.2. The molecule has 1 fully saturated rings. The molecule has 2 aliphatic rings. The van der Waals surface area contributed by atoms with Crippen LogP contribution >= 0.6 is 0 Å². The molecule has 42 heavy (non-hydrogen) atoms. The maximum Gasteiger partial charge on any atom is 0.419 e. The van der Waals surface area contributed by atoms with E-state index in [9.17, 15) is 35.2 Å². The molecule has 0 unspecified atom stereocenters. The van der Waals surface area contributed by atoms with Crippen molar-refractivity contribution in [3.05, 3.63) is 113 Å². The summed E-state index contributed by atoms with van der Waals surface area (Å²) in [6.07, 6.45) is -0.0616. The van der Waals surface area contributed by atoms with Crippen molar-refractivity contribution in [3.63, 3.8) is 0 Å². The van der Waals surface area contributed by atoms with Crippen LogP contribution in [0, 0.1) is 17.0 Å². The highest BCUT2D eigenvalue weighted by Gasteiger charge is 2.51. The molecule has 7 nitrogen and oxygen atoms in total. The first-order valence-corrected chi connectivity index (χ1v) is 14.2. The Balaban J connectivity index is 1.42. The summed E-state index contributed by atoms with van der Waals surface area (Å²) in [7, 11) is -4.50. The van der Waals surface area contributed by atoms with E-state index in [4.69, 9.17) is 0 Å². The minimum absolute atomic E-state index is 0.0537. The zero-order chi connectivity index (χ0) is 29.9. The average molecular weight is 601 g/mol. The molecule has 0 amide bonds. The molecule has 216 valence electrons. The summed E-state index contributed by atoms with van der Waals surface area (Å²) in [5.41, 5.74) is -0.382. The number of Topliss-reactive ketones (excluding diaryl/α,β-unsaturated/α-hetero) is 1. The topological polar surface area (TPSA) is 85.2 Å². The summed E-state index contributed by atoms with van der Waals surface area (Å²) in [6, 6.07) is 11.9. The molecule has 1 aliphatic heterocycles. The number of pyridine rings is 1. The van der Waals surface area contributed by atoms with E-state index < -0.39 is 49.5 Å². The van der Waals surface area contributed by atoms with Gasteiger partial charge < -0.3 is 0 Å². The Kier molecular flexibility index (Phi) is 6.61. The molecule has 2 aromatic carbocycles. The number of carbonyl (C=O) groups is 1. The molecule has 2 aromatic heterocycles. The molecule has 0 saturated carbocycles. The van der Waals surface area contributed by atoms with Crippen molar-refractivity contribution in [3.8, 4) is 5.69 Å². The van der Waals surface area contributed by atoms with Crippen molar-refractivity contribution < 1.29 is 35.2 Å². The first-order valence-electron chi connectivity index (χ1n) is 12.8. The van der Waals surface area contributed by atoms with E-state index in [0.717, 1.165) is 4.31 Å². The van der Waals surface area contributed by atoms with Crippen molar-refractivity contribution in [2.24, 2.45) is 5.41 Å². The Morgan fingerprint density at radius 2 is 1.76 bits per heavy atom. The molecule has 4 aromatic rings. The van der Waals surface area contributed by atoms with Crippen molar-refractivity contribution >= 4 is 21.9 Å². The van der Waals surface area contributed by atoms with Crippen LogP contribution in [0.1, 0.15) is 33.7 Å². The van der Waals surface area contributed by atoms with Gasteiger partial charge in [0, 0.05) is 19.3 Å². The maximum atomic E-state index is 14.4. The van der Waals surface area contributed by atoms with Gasteiger partial charge in [0.2, 0.25) is 10.0 Å². The summed E-state index contributed by atoms with van der Waals surface area (Å²) in [5.74, 6) is -2.57. The molecule has 6 rings (SSSR count). The lowest BCUT2D eigenvalue weighted by Crippen LogP contribution is -2.53. The Bertz CT molecular complexity index is 1840. The lowest BCUT2D eigenvalue weighted by Gasteiger charge is -2.44. The smallest absolute Gasteiger partial charge is 0.291 e. The van der Waals surface area contributed by atoms with Crippen LogP contribution in [0.4, 0.5) is 22.0 Å². The van der Waals surface area contributed by atoms with E-state index >= 15 is 0 Å². The summed E-state index contributed by atoms with van der Waals surface area (Å²) in [5, 5.41) is 4.43. The summed E-state index contributed by atoms with van der Waals surface area (Å²) in [6.45, 7) is -0.450. The fraction of sp³-hybridized carbons (Fsp3) is 0.207. The van der Waals surface area contributed by atoms with Crippen molar-refractivity contribution in [1.29, 1.82) is 0 Å². The number of carbonyl (C=O) groups excluding carboxylic acids is 1. The number of rotatable bonds is 5. The number of halogens is 5. The van der Waals surface area contributed by atoms with Gasteiger partial charge in [-0.15, -0.1) is 0 Å². The molecule has 1 aliphatic carbocycles. The number of benzene rings is 2. The highest BCUT2D eigenvalue weighted by Crippen LogP contribution is 2.47. The number of piperidine rings is 1. The quantitative estimate of drug-likeness (QED) is 0.224. The molecule has 0 radical (unpaired) electrons. The molecule has 0 bridgehead atoms. The standard InChI is InChI=1S/C29H21F5N4O3S/c30-20-4-6-21(7-5-20)38-26-13-19-10-12-37(42(40,41)22-8-9-23(24(31)14-22)29(32,33)34)17-28(19,15-18(26)16-36-38)27(39)25-3-1-2-11-35-25/h1-9,11,13-14,16H,10,12,15,17H2/t28-/m1/s1. The first-order chi connectivity index (χ1) is 19.9. The molecule has 3 heterocycles. The first kappa shape index (κ1) is 27.9. The van der Waals surface area contributed by atoms with Crippen LogP contribution in [0.25, 0.3) is 11.8 Å². The van der Waals surface area contributed by atoms with Gasteiger partial charge in [-0.25, -0.2) is 21.9 Å². The lowest BCUT2D eigenvalue weighted by molar-refractivity contribution is -0.140. The zero-order valence-corrected chi connectivity index (χ0v) is 22.5. The maximum absolute atomic E-state index is 14.4. The number of sulfonamides is 1. The fourth-order valence-electron chi connectivity index (χ4n) is 5.59. The number of hydrogen-bond acceptors (Lipinski definition) is 5. The van der Waals surface area contributed by atoms with Crippen molar-refractivity contribution in [2.45, 2.75) is 23.9 Å². The van der Waals surface area contributed by atoms with E-state index in [1.54, 1.807) is 41.2 Å². The van der Waals surface area contributed by atoms with Gasteiger partial charge in [0.1, 0.15) is 17.3 Å². The van der Waals surface area contributed by atoms with E-state index in [0.29, 0.717) is 40.7 Å². The van der Waals surface area contributed by atoms with Crippen LogP contribution in [0.15, 0.2) is 83.5 Å². The van der Waals surface area contributed by atoms with E-state index in [1.807, 2.05) is 0 Å². The third-order valence-electron chi connectivity index (χ3n) is 7.67. The lowest BCUT2D eigenvalue weighted by atomic mass is 9.65. The number of nitrogens with zero attached hydrogens (tertiary/aromatic N) is 4. The molecule has 0 spiro atoms. The van der Waals surface area contributed by atoms with Gasteiger partial charge in [0.25, 0.3) is 0 Å². The second-order valence-electron chi connectivity index (χ2n) is 10.1.